The lowest BCUT2D eigenvalue weighted by atomic mass is 10.00. The Labute approximate surface area is 193 Å². The number of para-hydroxylation sites is 1. The van der Waals surface area contributed by atoms with Gasteiger partial charge in [-0.2, -0.15) is 0 Å². The molecule has 5 heteroatoms. The normalized spacial score (nSPS) is 12.9. The molecule has 32 heavy (non-hydrogen) atoms. The molecule has 0 unspecified atom stereocenters. The van der Waals surface area contributed by atoms with E-state index in [1.165, 1.54) is 37.3 Å². The molecule has 1 amide bonds. The number of benzene rings is 2. The third-order valence-electron chi connectivity index (χ3n) is 5.60. The Hall–Kier alpha value is -2.37. The fourth-order valence-corrected chi connectivity index (χ4v) is 3.77. The summed E-state index contributed by atoms with van der Waals surface area (Å²) in [6.07, 6.45) is 5.41. The second kappa shape index (κ2) is 14.6. The highest BCUT2D eigenvalue weighted by atomic mass is 16.5. The highest BCUT2D eigenvalue weighted by Crippen LogP contribution is 2.21. The van der Waals surface area contributed by atoms with E-state index < -0.39 is 12.1 Å². The van der Waals surface area contributed by atoms with Crippen molar-refractivity contribution in [2.75, 3.05) is 13.2 Å². The van der Waals surface area contributed by atoms with Crippen LogP contribution < -0.4 is 15.4 Å². The predicted molar refractivity (Wildman–Crippen MR) is 131 cm³/mol. The molecule has 0 aliphatic carbocycles. The van der Waals surface area contributed by atoms with Crippen molar-refractivity contribution in [1.29, 1.82) is 0 Å². The third-order valence-corrected chi connectivity index (χ3v) is 5.60. The van der Waals surface area contributed by atoms with Gasteiger partial charge in [-0.05, 0) is 42.0 Å². The Morgan fingerprint density at radius 1 is 1.03 bits per heavy atom. The molecule has 0 aromatic heterocycles. The monoisotopic (exact) mass is 440 g/mol. The number of unbranched alkanes of at least 4 members (excludes halogenated alkanes) is 3. The van der Waals surface area contributed by atoms with E-state index in [1.54, 1.807) is 0 Å². The zero-order valence-electron chi connectivity index (χ0n) is 19.9. The average Bonchev–Trinajstić information content (AvgIpc) is 2.79. The molecule has 0 spiro atoms. The van der Waals surface area contributed by atoms with Crippen molar-refractivity contribution in [3.8, 4) is 5.75 Å². The molecule has 0 aliphatic heterocycles. The van der Waals surface area contributed by atoms with E-state index >= 15 is 0 Å². The highest BCUT2D eigenvalue weighted by Gasteiger charge is 2.22. The number of carbonyl (C=O) groups excluding carboxylic acids is 1. The molecular weight excluding hydrogens is 400 g/mol. The van der Waals surface area contributed by atoms with Crippen LogP contribution in [0.2, 0.25) is 0 Å². The summed E-state index contributed by atoms with van der Waals surface area (Å²) in [6.45, 7) is 7.57. The Balaban J connectivity index is 1.94. The fourth-order valence-electron chi connectivity index (χ4n) is 3.77. The van der Waals surface area contributed by atoms with Crippen LogP contribution in [0.3, 0.4) is 0 Å². The number of rotatable bonds is 15. The Morgan fingerprint density at radius 3 is 2.56 bits per heavy atom. The van der Waals surface area contributed by atoms with Crippen molar-refractivity contribution in [3.63, 3.8) is 0 Å². The molecular formula is C27H40N2O3. The van der Waals surface area contributed by atoms with E-state index in [2.05, 4.69) is 48.7 Å². The van der Waals surface area contributed by atoms with Crippen LogP contribution in [0.25, 0.3) is 0 Å². The van der Waals surface area contributed by atoms with Gasteiger partial charge in [0.1, 0.15) is 5.75 Å². The van der Waals surface area contributed by atoms with Crippen LogP contribution in [-0.4, -0.2) is 36.3 Å². The molecule has 0 radical (unpaired) electrons. The minimum atomic E-state index is -0.717. The second-order valence-corrected chi connectivity index (χ2v) is 8.40. The van der Waals surface area contributed by atoms with E-state index in [9.17, 15) is 9.90 Å². The molecule has 2 atom stereocenters. The number of aliphatic hydroxyl groups excluding tert-OH is 1. The molecule has 2 aromatic rings. The van der Waals surface area contributed by atoms with E-state index in [1.807, 2.05) is 24.3 Å². The lowest BCUT2D eigenvalue weighted by Gasteiger charge is -2.25. The first kappa shape index (κ1) is 25.9. The van der Waals surface area contributed by atoms with Crippen molar-refractivity contribution in [2.45, 2.75) is 78.0 Å². The summed E-state index contributed by atoms with van der Waals surface area (Å²) in [7, 11) is 0. The summed E-state index contributed by atoms with van der Waals surface area (Å²) in [5.74, 6) is 0.679. The van der Waals surface area contributed by atoms with E-state index in [4.69, 9.17) is 4.74 Å². The Bertz CT molecular complexity index is 809. The molecule has 0 saturated carbocycles. The molecule has 0 bridgehead atoms. The summed E-state index contributed by atoms with van der Waals surface area (Å²) < 4.78 is 6.02. The number of hydrogen-bond acceptors (Lipinski definition) is 4. The summed E-state index contributed by atoms with van der Waals surface area (Å²) in [4.78, 5) is 11.8. The lowest BCUT2D eigenvalue weighted by Crippen LogP contribution is -2.48. The second-order valence-electron chi connectivity index (χ2n) is 8.40. The topological polar surface area (TPSA) is 70.6 Å². The van der Waals surface area contributed by atoms with Gasteiger partial charge < -0.3 is 20.5 Å². The van der Waals surface area contributed by atoms with Crippen molar-refractivity contribution in [1.82, 2.24) is 10.6 Å². The molecule has 0 aliphatic rings. The molecule has 5 nitrogen and oxygen atoms in total. The predicted octanol–water partition coefficient (Wildman–Crippen LogP) is 4.41. The van der Waals surface area contributed by atoms with Crippen molar-refractivity contribution in [3.05, 3.63) is 65.2 Å². The number of aliphatic hydroxyl groups is 1. The quantitative estimate of drug-likeness (QED) is 0.359. The third kappa shape index (κ3) is 9.41. The summed E-state index contributed by atoms with van der Waals surface area (Å²) in [6, 6.07) is 15.9. The first-order chi connectivity index (χ1) is 15.5. The van der Waals surface area contributed by atoms with Crippen LogP contribution in [0.15, 0.2) is 48.5 Å². The van der Waals surface area contributed by atoms with Gasteiger partial charge in [-0.1, -0.05) is 75.6 Å². The maximum Gasteiger partial charge on any atom is 0.217 e. The summed E-state index contributed by atoms with van der Waals surface area (Å²) in [5, 5.41) is 17.1. The lowest BCUT2D eigenvalue weighted by molar-refractivity contribution is -0.120. The number of ether oxygens (including phenoxy) is 1. The molecule has 176 valence electrons. The maximum absolute atomic E-state index is 11.8. The minimum absolute atomic E-state index is 0.150. The maximum atomic E-state index is 11.8. The Morgan fingerprint density at radius 2 is 1.81 bits per heavy atom. The number of hydrogen-bond donors (Lipinski definition) is 3. The van der Waals surface area contributed by atoms with Gasteiger partial charge in [0.15, 0.2) is 0 Å². The smallest absolute Gasteiger partial charge is 0.217 e. The van der Waals surface area contributed by atoms with Gasteiger partial charge in [0.05, 0.1) is 18.8 Å². The van der Waals surface area contributed by atoms with Crippen molar-refractivity contribution in [2.24, 2.45) is 0 Å². The van der Waals surface area contributed by atoms with E-state index in [0.29, 0.717) is 26.1 Å². The minimum Gasteiger partial charge on any atom is -0.493 e. The van der Waals surface area contributed by atoms with Gasteiger partial charge in [-0.15, -0.1) is 0 Å². The summed E-state index contributed by atoms with van der Waals surface area (Å²) in [5.41, 5.74) is 3.48. The molecule has 2 aromatic carbocycles. The van der Waals surface area contributed by atoms with E-state index in [-0.39, 0.29) is 5.91 Å². The largest absolute Gasteiger partial charge is 0.493 e. The Kier molecular flexibility index (Phi) is 11.8. The first-order valence-corrected chi connectivity index (χ1v) is 12.0. The number of nitrogens with one attached hydrogen (secondary N) is 2. The van der Waals surface area contributed by atoms with Crippen LogP contribution in [0.5, 0.6) is 5.75 Å². The van der Waals surface area contributed by atoms with Gasteiger partial charge in [0.2, 0.25) is 5.91 Å². The van der Waals surface area contributed by atoms with E-state index in [0.717, 1.165) is 24.2 Å². The SMILES string of the molecule is CCCCCCOc1ccccc1C[C@H](NC(C)=O)[C@@H](O)CNCc1cccc(CC)c1. The number of amides is 1. The highest BCUT2D eigenvalue weighted by molar-refractivity contribution is 5.73. The van der Waals surface area contributed by atoms with Crippen LogP contribution >= 0.6 is 0 Å². The van der Waals surface area contributed by atoms with Gasteiger partial charge in [0.25, 0.3) is 0 Å². The van der Waals surface area contributed by atoms with Gasteiger partial charge >= 0.3 is 0 Å². The zero-order chi connectivity index (χ0) is 23.2. The van der Waals surface area contributed by atoms with Gasteiger partial charge in [-0.25, -0.2) is 0 Å². The molecule has 3 N–H and O–H groups in total. The standard InChI is InChI=1S/C27H40N2O3/c1-4-6-7-10-16-32-27-15-9-8-14-24(27)18-25(29-21(3)30)26(31)20-28-19-23-13-11-12-22(5-2)17-23/h8-9,11-15,17,25-26,28,31H,4-7,10,16,18-20H2,1-3H3,(H,29,30)/t25-,26-/m0/s1. The van der Waals surface area contributed by atoms with Crippen molar-refractivity contribution >= 4 is 5.91 Å². The van der Waals surface area contributed by atoms with Crippen molar-refractivity contribution < 1.29 is 14.6 Å². The van der Waals surface area contributed by atoms with Gasteiger partial charge in [0, 0.05) is 20.0 Å². The van der Waals surface area contributed by atoms with Crippen LogP contribution in [0.1, 0.15) is 63.1 Å². The average molecular weight is 441 g/mol. The van der Waals surface area contributed by atoms with Crippen LogP contribution in [0.4, 0.5) is 0 Å². The first-order valence-electron chi connectivity index (χ1n) is 12.0. The molecule has 0 heterocycles. The van der Waals surface area contributed by atoms with Crippen LogP contribution in [0, 0.1) is 0 Å². The molecule has 0 saturated heterocycles. The summed E-state index contributed by atoms with van der Waals surface area (Å²) >= 11 is 0. The zero-order valence-corrected chi connectivity index (χ0v) is 19.9. The molecule has 2 rings (SSSR count). The number of aryl methyl sites for hydroxylation is 1. The van der Waals surface area contributed by atoms with Gasteiger partial charge in [-0.3, -0.25) is 4.79 Å². The number of carbonyl (C=O) groups is 1. The molecule has 0 fully saturated rings. The van der Waals surface area contributed by atoms with Crippen LogP contribution in [-0.2, 0) is 24.2 Å². The fraction of sp³-hybridized carbons (Fsp3) is 0.519.